The SMILES string of the molecule is CC(C)NC(=O)CN(Cc1ccc(N)cc1)C1CC1. The highest BCUT2D eigenvalue weighted by atomic mass is 16.2. The Balaban J connectivity index is 1.93. The molecule has 1 aromatic carbocycles. The number of benzene rings is 1. The molecule has 0 saturated heterocycles. The summed E-state index contributed by atoms with van der Waals surface area (Å²) in [6.45, 7) is 5.27. The van der Waals surface area contributed by atoms with Gasteiger partial charge in [-0.25, -0.2) is 0 Å². The Hall–Kier alpha value is -1.55. The molecule has 19 heavy (non-hydrogen) atoms. The molecule has 1 fully saturated rings. The lowest BCUT2D eigenvalue weighted by Gasteiger charge is -2.22. The Labute approximate surface area is 115 Å². The fraction of sp³-hybridized carbons (Fsp3) is 0.533. The normalized spacial score (nSPS) is 14.9. The molecule has 0 atom stereocenters. The molecule has 4 heteroatoms. The molecule has 1 saturated carbocycles. The maximum atomic E-state index is 11.9. The van der Waals surface area contributed by atoms with Crippen LogP contribution in [0.4, 0.5) is 5.69 Å². The molecule has 0 radical (unpaired) electrons. The van der Waals surface area contributed by atoms with Crippen molar-refractivity contribution >= 4 is 11.6 Å². The van der Waals surface area contributed by atoms with Crippen molar-refractivity contribution in [2.75, 3.05) is 12.3 Å². The largest absolute Gasteiger partial charge is 0.399 e. The first-order valence-corrected chi connectivity index (χ1v) is 6.92. The third-order valence-corrected chi connectivity index (χ3v) is 3.23. The first-order chi connectivity index (χ1) is 9.04. The molecule has 1 aliphatic rings. The average Bonchev–Trinajstić information content (AvgIpc) is 3.14. The van der Waals surface area contributed by atoms with Crippen molar-refractivity contribution in [1.29, 1.82) is 0 Å². The number of nitrogens with two attached hydrogens (primary N) is 1. The number of nitrogens with zero attached hydrogens (tertiary/aromatic N) is 1. The van der Waals surface area contributed by atoms with Crippen LogP contribution in [0, 0.1) is 0 Å². The summed E-state index contributed by atoms with van der Waals surface area (Å²) in [6, 6.07) is 8.65. The Kier molecular flexibility index (Phi) is 4.43. The van der Waals surface area contributed by atoms with Gasteiger partial charge < -0.3 is 11.1 Å². The van der Waals surface area contributed by atoms with Crippen LogP contribution in [0.1, 0.15) is 32.3 Å². The highest BCUT2D eigenvalue weighted by molar-refractivity contribution is 5.78. The summed E-state index contributed by atoms with van der Waals surface area (Å²) < 4.78 is 0. The van der Waals surface area contributed by atoms with Crippen LogP contribution in [0.5, 0.6) is 0 Å². The number of carbonyl (C=O) groups excluding carboxylic acids is 1. The van der Waals surface area contributed by atoms with Crippen molar-refractivity contribution in [1.82, 2.24) is 10.2 Å². The first kappa shape index (κ1) is 13.9. The third-order valence-electron chi connectivity index (χ3n) is 3.23. The molecule has 0 bridgehead atoms. The van der Waals surface area contributed by atoms with E-state index in [1.54, 1.807) is 0 Å². The van der Waals surface area contributed by atoms with E-state index in [1.165, 1.54) is 18.4 Å². The second-order valence-corrected chi connectivity index (χ2v) is 5.60. The zero-order valence-electron chi connectivity index (χ0n) is 11.7. The van der Waals surface area contributed by atoms with E-state index in [1.807, 2.05) is 38.1 Å². The summed E-state index contributed by atoms with van der Waals surface area (Å²) in [4.78, 5) is 14.1. The van der Waals surface area contributed by atoms with E-state index in [2.05, 4.69) is 10.2 Å². The summed E-state index contributed by atoms with van der Waals surface area (Å²) in [7, 11) is 0. The van der Waals surface area contributed by atoms with Crippen molar-refractivity contribution in [2.24, 2.45) is 0 Å². The second kappa shape index (κ2) is 6.06. The van der Waals surface area contributed by atoms with E-state index in [-0.39, 0.29) is 11.9 Å². The fourth-order valence-electron chi connectivity index (χ4n) is 2.16. The van der Waals surface area contributed by atoms with Crippen LogP contribution in [0.3, 0.4) is 0 Å². The van der Waals surface area contributed by atoms with Crippen molar-refractivity contribution in [2.45, 2.75) is 45.3 Å². The second-order valence-electron chi connectivity index (χ2n) is 5.60. The van der Waals surface area contributed by atoms with E-state index in [0.717, 1.165) is 12.2 Å². The van der Waals surface area contributed by atoms with Crippen LogP contribution in [-0.4, -0.2) is 29.4 Å². The monoisotopic (exact) mass is 261 g/mol. The van der Waals surface area contributed by atoms with Crippen LogP contribution in [0.15, 0.2) is 24.3 Å². The number of anilines is 1. The summed E-state index contributed by atoms with van der Waals surface area (Å²) in [5, 5.41) is 2.95. The molecule has 104 valence electrons. The van der Waals surface area contributed by atoms with Crippen molar-refractivity contribution in [3.05, 3.63) is 29.8 Å². The molecule has 0 spiro atoms. The van der Waals surface area contributed by atoms with Gasteiger partial charge in [-0.15, -0.1) is 0 Å². The lowest BCUT2D eigenvalue weighted by Crippen LogP contribution is -2.40. The van der Waals surface area contributed by atoms with Crippen LogP contribution < -0.4 is 11.1 Å². The van der Waals surface area contributed by atoms with E-state index in [4.69, 9.17) is 5.73 Å². The fourth-order valence-corrected chi connectivity index (χ4v) is 2.16. The zero-order chi connectivity index (χ0) is 13.8. The topological polar surface area (TPSA) is 58.4 Å². The number of hydrogen-bond acceptors (Lipinski definition) is 3. The molecule has 1 aliphatic carbocycles. The summed E-state index contributed by atoms with van der Waals surface area (Å²) in [5.74, 6) is 0.109. The van der Waals surface area contributed by atoms with Crippen molar-refractivity contribution in [3.8, 4) is 0 Å². The highest BCUT2D eigenvalue weighted by Crippen LogP contribution is 2.28. The van der Waals surface area contributed by atoms with Crippen LogP contribution in [0.2, 0.25) is 0 Å². The summed E-state index contributed by atoms with van der Waals surface area (Å²) >= 11 is 0. The van der Waals surface area contributed by atoms with Crippen LogP contribution >= 0.6 is 0 Å². The van der Waals surface area contributed by atoms with Gasteiger partial charge in [0.05, 0.1) is 6.54 Å². The first-order valence-electron chi connectivity index (χ1n) is 6.92. The van der Waals surface area contributed by atoms with Gasteiger partial charge in [0.1, 0.15) is 0 Å². The summed E-state index contributed by atoms with van der Waals surface area (Å²) in [6.07, 6.45) is 2.40. The molecule has 0 aromatic heterocycles. The number of rotatable bonds is 6. The smallest absolute Gasteiger partial charge is 0.234 e. The number of nitrogens with one attached hydrogen (secondary N) is 1. The molecule has 0 heterocycles. The Morgan fingerprint density at radius 2 is 2.00 bits per heavy atom. The van der Waals surface area contributed by atoms with Crippen molar-refractivity contribution < 1.29 is 4.79 Å². The van der Waals surface area contributed by atoms with E-state index in [9.17, 15) is 4.79 Å². The predicted molar refractivity (Wildman–Crippen MR) is 77.6 cm³/mol. The van der Waals surface area contributed by atoms with Gasteiger partial charge in [0, 0.05) is 24.3 Å². The Bertz CT molecular complexity index is 424. The highest BCUT2D eigenvalue weighted by Gasteiger charge is 2.30. The van der Waals surface area contributed by atoms with Crippen LogP contribution in [-0.2, 0) is 11.3 Å². The molecule has 4 nitrogen and oxygen atoms in total. The van der Waals surface area contributed by atoms with Gasteiger partial charge in [-0.3, -0.25) is 9.69 Å². The summed E-state index contributed by atoms with van der Waals surface area (Å²) in [5.41, 5.74) is 7.67. The zero-order valence-corrected chi connectivity index (χ0v) is 11.7. The number of hydrogen-bond donors (Lipinski definition) is 2. The molecular formula is C15H23N3O. The minimum absolute atomic E-state index is 0.109. The maximum absolute atomic E-state index is 11.9. The molecule has 1 amide bonds. The third kappa shape index (κ3) is 4.56. The number of carbonyl (C=O) groups is 1. The Morgan fingerprint density at radius 3 is 2.53 bits per heavy atom. The average molecular weight is 261 g/mol. The molecular weight excluding hydrogens is 238 g/mol. The van der Waals surface area contributed by atoms with Gasteiger partial charge in [0.25, 0.3) is 0 Å². The van der Waals surface area contributed by atoms with Gasteiger partial charge >= 0.3 is 0 Å². The number of nitrogen functional groups attached to an aromatic ring is 1. The van der Waals surface area contributed by atoms with Crippen molar-refractivity contribution in [3.63, 3.8) is 0 Å². The molecule has 1 aromatic rings. The predicted octanol–water partition coefficient (Wildman–Crippen LogP) is 1.76. The van der Waals surface area contributed by atoms with E-state index >= 15 is 0 Å². The van der Waals surface area contributed by atoms with Crippen LogP contribution in [0.25, 0.3) is 0 Å². The lowest BCUT2D eigenvalue weighted by molar-refractivity contribution is -0.123. The van der Waals surface area contributed by atoms with Gasteiger partial charge in [0.2, 0.25) is 5.91 Å². The van der Waals surface area contributed by atoms with E-state index in [0.29, 0.717) is 12.6 Å². The molecule has 0 aliphatic heterocycles. The maximum Gasteiger partial charge on any atom is 0.234 e. The quantitative estimate of drug-likeness (QED) is 0.767. The van der Waals surface area contributed by atoms with E-state index < -0.39 is 0 Å². The Morgan fingerprint density at radius 1 is 1.37 bits per heavy atom. The van der Waals surface area contributed by atoms with Gasteiger partial charge in [-0.05, 0) is 44.4 Å². The molecule has 0 unspecified atom stereocenters. The van der Waals surface area contributed by atoms with Gasteiger partial charge in [-0.1, -0.05) is 12.1 Å². The molecule has 2 rings (SSSR count). The molecule has 3 N–H and O–H groups in total. The standard InChI is InChI=1S/C15H23N3O/c1-11(2)17-15(19)10-18(14-7-8-14)9-12-3-5-13(16)6-4-12/h3-6,11,14H,7-10,16H2,1-2H3,(H,17,19). The van der Waals surface area contributed by atoms with Gasteiger partial charge in [-0.2, -0.15) is 0 Å². The lowest BCUT2D eigenvalue weighted by atomic mass is 10.2. The number of amides is 1. The minimum Gasteiger partial charge on any atom is -0.399 e. The minimum atomic E-state index is 0.109. The van der Waals surface area contributed by atoms with Gasteiger partial charge in [0.15, 0.2) is 0 Å².